The van der Waals surface area contributed by atoms with E-state index in [9.17, 15) is 13.2 Å². The molecule has 0 saturated carbocycles. The molecule has 0 aliphatic rings. The third-order valence-corrected chi connectivity index (χ3v) is 5.80. The van der Waals surface area contributed by atoms with Gasteiger partial charge in [-0.05, 0) is 89.5 Å². The van der Waals surface area contributed by atoms with Crippen LogP contribution in [0, 0.1) is 29.3 Å². The van der Waals surface area contributed by atoms with Crippen molar-refractivity contribution in [1.82, 2.24) is 0 Å². The van der Waals surface area contributed by atoms with Crippen molar-refractivity contribution in [2.45, 2.75) is 39.0 Å². The van der Waals surface area contributed by atoms with E-state index >= 15 is 0 Å². The summed E-state index contributed by atoms with van der Waals surface area (Å²) in [5.41, 5.74) is 4.45. The van der Waals surface area contributed by atoms with Crippen LogP contribution in [0.15, 0.2) is 72.8 Å². The molecule has 0 saturated heterocycles. The minimum Gasteiger partial charge on any atom is -0.206 e. The van der Waals surface area contributed by atoms with Crippen LogP contribution in [-0.2, 0) is 19.3 Å². The summed E-state index contributed by atoms with van der Waals surface area (Å²) in [5, 5.41) is 1.14. The Morgan fingerprint density at radius 3 is 1.91 bits per heavy atom. The van der Waals surface area contributed by atoms with Crippen LogP contribution >= 0.6 is 0 Å². The SMILES string of the molecule is CCCCc1ccc(CCc2ccc(C#Cc3ccc4cc(F)c(F)cc4c3)c(F)c2)cc1. The van der Waals surface area contributed by atoms with Gasteiger partial charge in [-0.1, -0.05) is 61.6 Å². The van der Waals surface area contributed by atoms with Crippen LogP contribution < -0.4 is 0 Å². The normalized spacial score (nSPS) is 10.8. The molecule has 0 aliphatic heterocycles. The van der Waals surface area contributed by atoms with Gasteiger partial charge in [-0.3, -0.25) is 0 Å². The van der Waals surface area contributed by atoms with E-state index in [0.29, 0.717) is 21.9 Å². The summed E-state index contributed by atoms with van der Waals surface area (Å²) in [5.74, 6) is 3.63. The Hall–Kier alpha value is -3.51. The Kier molecular flexibility index (Phi) is 7.15. The molecule has 4 aromatic rings. The first-order valence-corrected chi connectivity index (χ1v) is 11.3. The van der Waals surface area contributed by atoms with Gasteiger partial charge >= 0.3 is 0 Å². The molecule has 0 heterocycles. The topological polar surface area (TPSA) is 0 Å². The maximum atomic E-state index is 14.6. The zero-order valence-electron chi connectivity index (χ0n) is 18.6. The number of hydrogen-bond acceptors (Lipinski definition) is 0. The average molecular weight is 443 g/mol. The highest BCUT2D eigenvalue weighted by Gasteiger charge is 2.05. The number of halogens is 3. The van der Waals surface area contributed by atoms with Gasteiger partial charge in [-0.25, -0.2) is 13.2 Å². The Balaban J connectivity index is 1.42. The van der Waals surface area contributed by atoms with Gasteiger partial charge in [0, 0.05) is 5.56 Å². The molecule has 4 rings (SSSR count). The molecule has 0 atom stereocenters. The van der Waals surface area contributed by atoms with Crippen molar-refractivity contribution in [3.63, 3.8) is 0 Å². The highest BCUT2D eigenvalue weighted by Crippen LogP contribution is 2.20. The van der Waals surface area contributed by atoms with Gasteiger partial charge < -0.3 is 0 Å². The van der Waals surface area contributed by atoms with Crippen molar-refractivity contribution < 1.29 is 13.2 Å². The largest absolute Gasteiger partial charge is 0.206 e. The van der Waals surface area contributed by atoms with E-state index in [1.165, 1.54) is 30.0 Å². The molecular formula is C30H25F3. The molecule has 0 radical (unpaired) electrons. The number of hydrogen-bond donors (Lipinski definition) is 0. The second kappa shape index (κ2) is 10.4. The molecule has 0 bridgehead atoms. The van der Waals surface area contributed by atoms with Gasteiger partial charge in [-0.15, -0.1) is 0 Å². The van der Waals surface area contributed by atoms with Crippen LogP contribution in [0.4, 0.5) is 13.2 Å². The minimum atomic E-state index is -0.901. The van der Waals surface area contributed by atoms with Crippen LogP contribution in [0.1, 0.15) is 47.6 Å². The zero-order chi connectivity index (χ0) is 23.2. The number of aryl methyl sites for hydroxylation is 3. The second-order valence-corrected chi connectivity index (χ2v) is 8.31. The van der Waals surface area contributed by atoms with Gasteiger partial charge in [-0.2, -0.15) is 0 Å². The average Bonchev–Trinajstić information content (AvgIpc) is 2.82. The van der Waals surface area contributed by atoms with Gasteiger partial charge in [0.15, 0.2) is 11.6 Å². The quantitative estimate of drug-likeness (QED) is 0.267. The second-order valence-electron chi connectivity index (χ2n) is 8.31. The summed E-state index contributed by atoms with van der Waals surface area (Å²) in [6.45, 7) is 2.19. The lowest BCUT2D eigenvalue weighted by atomic mass is 10.0. The lowest BCUT2D eigenvalue weighted by Crippen LogP contribution is -1.94. The number of unbranched alkanes of at least 4 members (excludes halogenated alkanes) is 1. The summed E-state index contributed by atoms with van der Waals surface area (Å²) in [4.78, 5) is 0. The van der Waals surface area contributed by atoms with E-state index in [1.807, 2.05) is 6.07 Å². The lowest BCUT2D eigenvalue weighted by molar-refractivity contribution is 0.511. The fourth-order valence-electron chi connectivity index (χ4n) is 3.82. The smallest absolute Gasteiger partial charge is 0.159 e. The molecule has 33 heavy (non-hydrogen) atoms. The van der Waals surface area contributed by atoms with Gasteiger partial charge in [0.25, 0.3) is 0 Å². The molecule has 0 spiro atoms. The minimum absolute atomic E-state index is 0.310. The van der Waals surface area contributed by atoms with Crippen molar-refractivity contribution in [3.8, 4) is 11.8 Å². The first-order valence-electron chi connectivity index (χ1n) is 11.3. The van der Waals surface area contributed by atoms with Crippen LogP contribution in [0.5, 0.6) is 0 Å². The maximum absolute atomic E-state index is 14.6. The van der Waals surface area contributed by atoms with E-state index in [2.05, 4.69) is 43.0 Å². The van der Waals surface area contributed by atoms with Crippen molar-refractivity contribution >= 4 is 10.8 Å². The molecule has 0 unspecified atom stereocenters. The molecule has 0 nitrogen and oxygen atoms in total. The molecular weight excluding hydrogens is 417 g/mol. The fraction of sp³-hybridized carbons (Fsp3) is 0.200. The molecule has 166 valence electrons. The van der Waals surface area contributed by atoms with Crippen molar-refractivity contribution in [2.24, 2.45) is 0 Å². The Labute approximate surface area is 193 Å². The third-order valence-electron chi connectivity index (χ3n) is 5.80. The van der Waals surface area contributed by atoms with Gasteiger partial charge in [0.2, 0.25) is 0 Å². The van der Waals surface area contributed by atoms with E-state index in [4.69, 9.17) is 0 Å². The Bertz CT molecular complexity index is 1320. The van der Waals surface area contributed by atoms with E-state index in [-0.39, 0.29) is 5.82 Å². The predicted octanol–water partition coefficient (Wildman–Crippen LogP) is 7.78. The molecule has 4 aromatic carbocycles. The van der Waals surface area contributed by atoms with Crippen molar-refractivity contribution in [3.05, 3.63) is 118 Å². The monoisotopic (exact) mass is 442 g/mol. The summed E-state index contributed by atoms with van der Waals surface area (Å²) in [6, 6.07) is 21.2. The van der Waals surface area contributed by atoms with E-state index < -0.39 is 11.6 Å². The molecule has 0 amide bonds. The van der Waals surface area contributed by atoms with Crippen molar-refractivity contribution in [2.75, 3.05) is 0 Å². The first-order chi connectivity index (χ1) is 16.0. The molecule has 0 aliphatic carbocycles. The van der Waals surface area contributed by atoms with E-state index in [0.717, 1.165) is 37.0 Å². The molecule has 0 fully saturated rings. The third kappa shape index (κ3) is 5.84. The number of rotatable bonds is 6. The number of fused-ring (bicyclic) bond motifs is 1. The predicted molar refractivity (Wildman–Crippen MR) is 129 cm³/mol. The van der Waals surface area contributed by atoms with Crippen LogP contribution in [0.2, 0.25) is 0 Å². The lowest BCUT2D eigenvalue weighted by Gasteiger charge is -2.05. The molecule has 3 heteroatoms. The number of benzene rings is 4. The van der Waals surface area contributed by atoms with Gasteiger partial charge in [0.05, 0.1) is 5.56 Å². The fourth-order valence-corrected chi connectivity index (χ4v) is 3.82. The Morgan fingerprint density at radius 1 is 0.576 bits per heavy atom. The van der Waals surface area contributed by atoms with Gasteiger partial charge in [0.1, 0.15) is 5.82 Å². The van der Waals surface area contributed by atoms with Crippen molar-refractivity contribution in [1.29, 1.82) is 0 Å². The summed E-state index contributed by atoms with van der Waals surface area (Å²) < 4.78 is 41.5. The summed E-state index contributed by atoms with van der Waals surface area (Å²) in [7, 11) is 0. The first kappa shape index (κ1) is 22.7. The highest BCUT2D eigenvalue weighted by atomic mass is 19.2. The van der Waals surface area contributed by atoms with Crippen LogP contribution in [0.3, 0.4) is 0 Å². The zero-order valence-corrected chi connectivity index (χ0v) is 18.6. The van der Waals surface area contributed by atoms with Crippen LogP contribution in [-0.4, -0.2) is 0 Å². The summed E-state index contributed by atoms with van der Waals surface area (Å²) >= 11 is 0. The standard InChI is InChI=1S/C30H25F3/c1-2-3-4-21-5-7-22(8-6-21)9-10-24-12-15-25(28(31)18-24)14-11-23-13-16-26-19-29(32)30(33)20-27(26)17-23/h5-8,12-13,15-20H,2-4,9-10H2,1H3. The molecule has 0 N–H and O–H groups in total. The van der Waals surface area contributed by atoms with E-state index in [1.54, 1.807) is 24.3 Å². The Morgan fingerprint density at radius 2 is 1.21 bits per heavy atom. The summed E-state index contributed by atoms with van der Waals surface area (Å²) in [6.07, 6.45) is 5.11. The molecule has 0 aromatic heterocycles. The maximum Gasteiger partial charge on any atom is 0.159 e. The van der Waals surface area contributed by atoms with Crippen LogP contribution in [0.25, 0.3) is 10.8 Å². The highest BCUT2D eigenvalue weighted by molar-refractivity contribution is 5.84.